The van der Waals surface area contributed by atoms with E-state index in [0.717, 1.165) is 63.5 Å². The molecule has 3 heterocycles. The molecule has 2 aromatic heterocycles. The number of piperidine rings is 1. The van der Waals surface area contributed by atoms with Crippen molar-refractivity contribution in [3.05, 3.63) is 72.3 Å². The number of nitrogens with zero attached hydrogens (tertiary/aromatic N) is 3. The van der Waals surface area contributed by atoms with E-state index >= 15 is 0 Å². The second-order valence-corrected chi connectivity index (χ2v) is 8.88. The van der Waals surface area contributed by atoms with Crippen LogP contribution in [0.2, 0.25) is 0 Å². The summed E-state index contributed by atoms with van der Waals surface area (Å²) in [5.41, 5.74) is 4.95. The lowest BCUT2D eigenvalue weighted by atomic mass is 9.84. The van der Waals surface area contributed by atoms with Gasteiger partial charge < -0.3 is 19.7 Å². The molecule has 1 fully saturated rings. The van der Waals surface area contributed by atoms with Crippen LogP contribution in [0, 0.1) is 0 Å². The summed E-state index contributed by atoms with van der Waals surface area (Å²) in [7, 11) is 0. The van der Waals surface area contributed by atoms with Gasteiger partial charge in [-0.05, 0) is 61.7 Å². The highest BCUT2D eigenvalue weighted by Crippen LogP contribution is 2.35. The quantitative estimate of drug-likeness (QED) is 0.349. The average Bonchev–Trinajstić information content (AvgIpc) is 3.48. The first-order chi connectivity index (χ1) is 16.6. The number of benzene rings is 3. The Morgan fingerprint density at radius 3 is 2.62 bits per heavy atom. The highest BCUT2D eigenvalue weighted by molar-refractivity contribution is 5.94. The molecule has 1 saturated heterocycles. The fourth-order valence-electron chi connectivity index (χ4n) is 4.91. The Morgan fingerprint density at radius 2 is 1.82 bits per heavy atom. The van der Waals surface area contributed by atoms with Crippen LogP contribution in [0.3, 0.4) is 0 Å². The Labute approximate surface area is 197 Å². The van der Waals surface area contributed by atoms with E-state index in [-0.39, 0.29) is 0 Å². The third-order valence-electron chi connectivity index (χ3n) is 6.80. The van der Waals surface area contributed by atoms with Gasteiger partial charge in [-0.15, -0.1) is 0 Å². The Balaban J connectivity index is 1.26. The number of fused-ring (bicyclic) bond motifs is 2. The van der Waals surface area contributed by atoms with Crippen molar-refractivity contribution in [1.82, 2.24) is 20.2 Å². The van der Waals surface area contributed by atoms with Crippen molar-refractivity contribution in [2.24, 2.45) is 0 Å². The number of ether oxygens (including phenoxy) is 1. The standard InChI is InChI=1S/C27H27N5O2/c1-2-34-20-9-11-22-21(17-20)25(31-30-22)26-28-23-10-8-19(16-24(23)29-26)32-14-12-27(33,13-15-32)18-6-4-3-5-7-18/h3-11,16-17,33H,2,12-15H2,1H3,(H,28,29)(H,30,31). The third-order valence-corrected chi connectivity index (χ3v) is 6.80. The number of aromatic amines is 2. The van der Waals surface area contributed by atoms with Crippen molar-refractivity contribution < 1.29 is 9.84 Å². The number of hydrogen-bond donors (Lipinski definition) is 3. The molecule has 0 aliphatic carbocycles. The molecule has 0 bridgehead atoms. The van der Waals surface area contributed by atoms with Gasteiger partial charge >= 0.3 is 0 Å². The summed E-state index contributed by atoms with van der Waals surface area (Å²) in [6.07, 6.45) is 1.40. The molecular weight excluding hydrogens is 426 g/mol. The lowest BCUT2D eigenvalue weighted by Gasteiger charge is -2.39. The molecule has 3 N–H and O–H groups in total. The molecule has 7 nitrogen and oxygen atoms in total. The van der Waals surface area contributed by atoms with Gasteiger partial charge in [0.1, 0.15) is 11.4 Å². The summed E-state index contributed by atoms with van der Waals surface area (Å²) in [4.78, 5) is 10.6. The van der Waals surface area contributed by atoms with Crippen molar-refractivity contribution in [2.45, 2.75) is 25.4 Å². The highest BCUT2D eigenvalue weighted by Gasteiger charge is 2.34. The number of H-pyrrole nitrogens is 2. The van der Waals surface area contributed by atoms with Crippen LogP contribution in [0.1, 0.15) is 25.3 Å². The van der Waals surface area contributed by atoms with Crippen molar-refractivity contribution in [3.8, 4) is 17.3 Å². The van der Waals surface area contributed by atoms with Gasteiger partial charge in [0.2, 0.25) is 0 Å². The summed E-state index contributed by atoms with van der Waals surface area (Å²) in [6, 6.07) is 22.2. The smallest absolute Gasteiger partial charge is 0.159 e. The predicted octanol–water partition coefficient (Wildman–Crippen LogP) is 4.99. The first-order valence-corrected chi connectivity index (χ1v) is 11.8. The van der Waals surface area contributed by atoms with Gasteiger partial charge in [-0.25, -0.2) is 4.98 Å². The summed E-state index contributed by atoms with van der Waals surface area (Å²) in [5, 5.41) is 19.7. The van der Waals surface area contributed by atoms with Gasteiger partial charge in [0.05, 0.1) is 28.8 Å². The van der Waals surface area contributed by atoms with Crippen LogP contribution >= 0.6 is 0 Å². The fraction of sp³-hybridized carbons (Fsp3) is 0.259. The number of imidazole rings is 1. The fourth-order valence-corrected chi connectivity index (χ4v) is 4.91. The van der Waals surface area contributed by atoms with E-state index < -0.39 is 5.60 Å². The van der Waals surface area contributed by atoms with Gasteiger partial charge in [-0.1, -0.05) is 30.3 Å². The van der Waals surface area contributed by atoms with Gasteiger partial charge in [-0.2, -0.15) is 5.10 Å². The minimum atomic E-state index is -0.760. The highest BCUT2D eigenvalue weighted by atomic mass is 16.5. The van der Waals surface area contributed by atoms with Gasteiger partial charge in [0.15, 0.2) is 5.82 Å². The SMILES string of the molecule is CCOc1ccc2[nH]nc(-c3nc4ccc(N5CCC(O)(c6ccccc6)CC5)cc4[nH]3)c2c1. The van der Waals surface area contributed by atoms with Crippen molar-refractivity contribution >= 4 is 27.6 Å². The predicted molar refractivity (Wildman–Crippen MR) is 134 cm³/mol. The molecule has 0 unspecified atom stereocenters. The Kier molecular flexibility index (Phi) is 4.99. The molecule has 0 saturated carbocycles. The summed E-state index contributed by atoms with van der Waals surface area (Å²) in [6.45, 7) is 4.18. The first kappa shape index (κ1) is 20.7. The minimum absolute atomic E-state index is 0.616. The molecule has 1 aliphatic rings. The molecule has 7 heteroatoms. The molecule has 172 valence electrons. The van der Waals surface area contributed by atoms with E-state index in [0.29, 0.717) is 19.4 Å². The molecule has 0 atom stereocenters. The van der Waals surface area contributed by atoms with E-state index in [1.54, 1.807) is 0 Å². The molecule has 0 radical (unpaired) electrons. The van der Waals surface area contributed by atoms with Gasteiger partial charge in [0.25, 0.3) is 0 Å². The number of anilines is 1. The topological polar surface area (TPSA) is 90.1 Å². The van der Waals surface area contributed by atoms with Crippen molar-refractivity contribution in [3.63, 3.8) is 0 Å². The molecule has 34 heavy (non-hydrogen) atoms. The zero-order valence-corrected chi connectivity index (χ0v) is 19.1. The molecule has 5 aromatic rings. The van der Waals surface area contributed by atoms with Crippen LogP contribution in [0.15, 0.2) is 66.7 Å². The van der Waals surface area contributed by atoms with E-state index in [1.165, 1.54) is 0 Å². The molecule has 0 amide bonds. The lowest BCUT2D eigenvalue weighted by Crippen LogP contribution is -2.42. The first-order valence-electron chi connectivity index (χ1n) is 11.8. The van der Waals surface area contributed by atoms with Crippen LogP contribution in [0.5, 0.6) is 5.75 Å². The molecular formula is C27H27N5O2. The van der Waals surface area contributed by atoms with Crippen molar-refractivity contribution in [2.75, 3.05) is 24.6 Å². The van der Waals surface area contributed by atoms with E-state index in [4.69, 9.17) is 9.72 Å². The molecule has 0 spiro atoms. The lowest BCUT2D eigenvalue weighted by molar-refractivity contribution is 0.0118. The van der Waals surface area contributed by atoms with Crippen LogP contribution in [0.25, 0.3) is 33.5 Å². The van der Waals surface area contributed by atoms with E-state index in [1.807, 2.05) is 61.5 Å². The van der Waals surface area contributed by atoms with Gasteiger partial charge in [0, 0.05) is 24.2 Å². The maximum absolute atomic E-state index is 11.2. The van der Waals surface area contributed by atoms with Crippen molar-refractivity contribution in [1.29, 1.82) is 0 Å². The minimum Gasteiger partial charge on any atom is -0.494 e. The van der Waals surface area contributed by atoms with E-state index in [2.05, 4.69) is 32.2 Å². The largest absolute Gasteiger partial charge is 0.494 e. The second-order valence-electron chi connectivity index (χ2n) is 8.88. The molecule has 6 rings (SSSR count). The maximum atomic E-state index is 11.2. The summed E-state index contributed by atoms with van der Waals surface area (Å²) < 4.78 is 5.66. The number of rotatable bonds is 5. The summed E-state index contributed by atoms with van der Waals surface area (Å²) in [5.74, 6) is 1.54. The molecule has 1 aliphatic heterocycles. The van der Waals surface area contributed by atoms with Crippen LogP contribution in [-0.4, -0.2) is 45.0 Å². The number of nitrogens with one attached hydrogen (secondary N) is 2. The molecule has 3 aromatic carbocycles. The average molecular weight is 454 g/mol. The van der Waals surface area contributed by atoms with Crippen LogP contribution in [-0.2, 0) is 5.60 Å². The number of aliphatic hydroxyl groups is 1. The maximum Gasteiger partial charge on any atom is 0.159 e. The van der Waals surface area contributed by atoms with Gasteiger partial charge in [-0.3, -0.25) is 5.10 Å². The summed E-state index contributed by atoms with van der Waals surface area (Å²) >= 11 is 0. The number of hydrogen-bond acceptors (Lipinski definition) is 5. The Morgan fingerprint density at radius 1 is 1.00 bits per heavy atom. The zero-order valence-electron chi connectivity index (χ0n) is 19.1. The normalized spacial score (nSPS) is 15.8. The monoisotopic (exact) mass is 453 g/mol. The van der Waals surface area contributed by atoms with Crippen LogP contribution in [0.4, 0.5) is 5.69 Å². The Hall–Kier alpha value is -3.84. The Bertz CT molecular complexity index is 1450. The second kappa shape index (κ2) is 8.18. The van der Waals surface area contributed by atoms with E-state index in [9.17, 15) is 5.11 Å². The number of aromatic nitrogens is 4. The van der Waals surface area contributed by atoms with Crippen LogP contribution < -0.4 is 9.64 Å². The zero-order chi connectivity index (χ0) is 23.1. The third kappa shape index (κ3) is 3.58.